The fraction of sp³-hybridized carbons (Fsp3) is 0.179. The molecular weight excluding hydrogens is 428 g/mol. The van der Waals surface area contributed by atoms with Crippen molar-refractivity contribution in [2.45, 2.75) is 13.0 Å². The molecule has 1 amide bonds. The number of amides is 1. The van der Waals surface area contributed by atoms with Gasteiger partial charge in [0.15, 0.2) is 6.61 Å². The van der Waals surface area contributed by atoms with Crippen LogP contribution in [0.2, 0.25) is 0 Å². The number of methoxy groups -OCH3 is 1. The van der Waals surface area contributed by atoms with Crippen LogP contribution in [0, 0.1) is 11.3 Å². The summed E-state index contributed by atoms with van der Waals surface area (Å²) in [5.41, 5.74) is 2.55. The van der Waals surface area contributed by atoms with Gasteiger partial charge in [0, 0.05) is 13.1 Å². The summed E-state index contributed by atoms with van der Waals surface area (Å²) in [7, 11) is 1.56. The van der Waals surface area contributed by atoms with Gasteiger partial charge in [0.1, 0.15) is 17.4 Å². The largest absolute Gasteiger partial charge is 0.497 e. The number of carbonyl (C=O) groups excluding carboxylic acids is 2. The summed E-state index contributed by atoms with van der Waals surface area (Å²) in [6.07, 6.45) is 2.09. The van der Waals surface area contributed by atoms with Crippen LogP contribution < -0.4 is 4.74 Å². The molecule has 0 heterocycles. The van der Waals surface area contributed by atoms with Gasteiger partial charge in [-0.1, -0.05) is 72.8 Å². The second-order valence-corrected chi connectivity index (χ2v) is 7.56. The number of rotatable bonds is 10. The van der Waals surface area contributed by atoms with Crippen molar-refractivity contribution in [3.63, 3.8) is 0 Å². The third kappa shape index (κ3) is 7.35. The van der Waals surface area contributed by atoms with Crippen LogP contribution in [0.5, 0.6) is 5.75 Å². The van der Waals surface area contributed by atoms with Gasteiger partial charge in [-0.3, -0.25) is 4.79 Å². The Kier molecular flexibility index (Phi) is 9.00. The van der Waals surface area contributed by atoms with Crippen molar-refractivity contribution < 1.29 is 19.1 Å². The lowest BCUT2D eigenvalue weighted by molar-refractivity contribution is -0.148. The van der Waals surface area contributed by atoms with Gasteiger partial charge in [0.2, 0.25) is 0 Å². The number of nitriles is 1. The number of carbonyl (C=O) groups is 2. The first-order valence-electron chi connectivity index (χ1n) is 10.9. The quantitative estimate of drug-likeness (QED) is 0.257. The molecule has 0 aromatic heterocycles. The molecule has 0 spiro atoms. The highest BCUT2D eigenvalue weighted by atomic mass is 16.5. The van der Waals surface area contributed by atoms with E-state index in [9.17, 15) is 14.9 Å². The molecule has 3 rings (SSSR count). The summed E-state index contributed by atoms with van der Waals surface area (Å²) >= 11 is 0. The van der Waals surface area contributed by atoms with E-state index in [0.717, 1.165) is 11.1 Å². The molecular formula is C28H26N2O4. The summed E-state index contributed by atoms with van der Waals surface area (Å²) in [5.74, 6) is -0.498. The SMILES string of the molecule is COc1ccc(C=C(C#N)C(=O)OCC(=O)N(CCc2ccccc2)Cc2ccccc2)cc1. The van der Waals surface area contributed by atoms with E-state index >= 15 is 0 Å². The number of esters is 1. The predicted molar refractivity (Wildman–Crippen MR) is 130 cm³/mol. The second kappa shape index (κ2) is 12.6. The first kappa shape index (κ1) is 24.3. The molecule has 6 heteroatoms. The van der Waals surface area contributed by atoms with Crippen molar-refractivity contribution in [1.82, 2.24) is 4.90 Å². The molecule has 0 aliphatic heterocycles. The zero-order valence-electron chi connectivity index (χ0n) is 19.0. The van der Waals surface area contributed by atoms with Crippen molar-refractivity contribution in [3.05, 3.63) is 107 Å². The van der Waals surface area contributed by atoms with Crippen LogP contribution in [0.3, 0.4) is 0 Å². The topological polar surface area (TPSA) is 79.6 Å². The zero-order chi connectivity index (χ0) is 24.2. The van der Waals surface area contributed by atoms with E-state index in [1.165, 1.54) is 6.08 Å². The minimum Gasteiger partial charge on any atom is -0.497 e. The summed E-state index contributed by atoms with van der Waals surface area (Å²) in [4.78, 5) is 27.1. The summed E-state index contributed by atoms with van der Waals surface area (Å²) < 4.78 is 10.3. The highest BCUT2D eigenvalue weighted by molar-refractivity contribution is 5.98. The smallest absolute Gasteiger partial charge is 0.349 e. The number of benzene rings is 3. The number of hydrogen-bond acceptors (Lipinski definition) is 5. The van der Waals surface area contributed by atoms with Gasteiger partial charge in [0.05, 0.1) is 7.11 Å². The third-order valence-electron chi connectivity index (χ3n) is 5.18. The number of ether oxygens (including phenoxy) is 2. The normalized spacial score (nSPS) is 10.8. The van der Waals surface area contributed by atoms with Gasteiger partial charge in [-0.15, -0.1) is 0 Å². The summed E-state index contributed by atoms with van der Waals surface area (Å²) in [6.45, 7) is 0.432. The number of hydrogen-bond donors (Lipinski definition) is 0. The van der Waals surface area contributed by atoms with E-state index in [0.29, 0.717) is 30.8 Å². The molecule has 0 bridgehead atoms. The minimum absolute atomic E-state index is 0.183. The predicted octanol–water partition coefficient (Wildman–Crippen LogP) is 4.42. The second-order valence-electron chi connectivity index (χ2n) is 7.56. The molecule has 0 radical (unpaired) electrons. The number of nitrogens with zero attached hydrogens (tertiary/aromatic N) is 2. The van der Waals surface area contributed by atoms with Gasteiger partial charge in [0.25, 0.3) is 5.91 Å². The van der Waals surface area contributed by atoms with Crippen molar-refractivity contribution in [2.24, 2.45) is 0 Å². The Morgan fingerprint density at radius 1 is 0.912 bits per heavy atom. The maximum absolute atomic E-state index is 12.9. The molecule has 6 nitrogen and oxygen atoms in total. The molecule has 3 aromatic carbocycles. The molecule has 0 aliphatic carbocycles. The van der Waals surface area contributed by atoms with Crippen LogP contribution in [0.1, 0.15) is 16.7 Å². The van der Waals surface area contributed by atoms with E-state index in [-0.39, 0.29) is 11.5 Å². The molecule has 3 aromatic rings. The van der Waals surface area contributed by atoms with Gasteiger partial charge in [-0.25, -0.2) is 4.79 Å². The van der Waals surface area contributed by atoms with E-state index in [1.54, 1.807) is 36.3 Å². The maximum atomic E-state index is 12.9. The van der Waals surface area contributed by atoms with Crippen LogP contribution in [-0.2, 0) is 27.3 Å². The molecule has 0 fully saturated rings. The molecule has 0 saturated heterocycles. The van der Waals surface area contributed by atoms with E-state index in [2.05, 4.69) is 0 Å². The summed E-state index contributed by atoms with van der Waals surface area (Å²) in [5, 5.41) is 9.40. The van der Waals surface area contributed by atoms with Crippen LogP contribution in [0.4, 0.5) is 0 Å². The lowest BCUT2D eigenvalue weighted by Crippen LogP contribution is -2.36. The van der Waals surface area contributed by atoms with E-state index in [4.69, 9.17) is 9.47 Å². The molecule has 0 aliphatic rings. The lowest BCUT2D eigenvalue weighted by atomic mass is 10.1. The van der Waals surface area contributed by atoms with Crippen molar-refractivity contribution >= 4 is 18.0 Å². The van der Waals surface area contributed by atoms with Crippen LogP contribution in [0.25, 0.3) is 6.08 Å². The Bertz CT molecular complexity index is 1150. The van der Waals surface area contributed by atoms with Crippen LogP contribution in [0.15, 0.2) is 90.5 Å². The average molecular weight is 455 g/mol. The third-order valence-corrected chi connectivity index (χ3v) is 5.18. The van der Waals surface area contributed by atoms with Crippen molar-refractivity contribution in [3.8, 4) is 11.8 Å². The minimum atomic E-state index is -0.839. The first-order chi connectivity index (χ1) is 16.6. The van der Waals surface area contributed by atoms with E-state index in [1.807, 2.05) is 66.7 Å². The fourth-order valence-corrected chi connectivity index (χ4v) is 3.30. The Hall–Kier alpha value is -4.37. The highest BCUT2D eigenvalue weighted by Gasteiger charge is 2.18. The monoisotopic (exact) mass is 454 g/mol. The molecule has 0 saturated carbocycles. The Morgan fingerprint density at radius 2 is 1.53 bits per heavy atom. The van der Waals surface area contributed by atoms with Crippen molar-refractivity contribution in [2.75, 3.05) is 20.3 Å². The molecule has 0 atom stereocenters. The van der Waals surface area contributed by atoms with Gasteiger partial charge in [-0.05, 0) is 41.3 Å². The highest BCUT2D eigenvalue weighted by Crippen LogP contribution is 2.15. The lowest BCUT2D eigenvalue weighted by Gasteiger charge is -2.23. The molecule has 172 valence electrons. The Labute approximate surface area is 199 Å². The van der Waals surface area contributed by atoms with Crippen molar-refractivity contribution in [1.29, 1.82) is 5.26 Å². The maximum Gasteiger partial charge on any atom is 0.349 e. The average Bonchev–Trinajstić information content (AvgIpc) is 2.89. The van der Waals surface area contributed by atoms with Gasteiger partial charge in [-0.2, -0.15) is 5.26 Å². The Morgan fingerprint density at radius 3 is 2.12 bits per heavy atom. The molecule has 0 N–H and O–H groups in total. The van der Waals surface area contributed by atoms with Gasteiger partial charge >= 0.3 is 5.97 Å². The van der Waals surface area contributed by atoms with E-state index < -0.39 is 12.6 Å². The van der Waals surface area contributed by atoms with Crippen LogP contribution >= 0.6 is 0 Å². The zero-order valence-corrected chi connectivity index (χ0v) is 19.0. The Balaban J connectivity index is 1.64. The molecule has 0 unspecified atom stereocenters. The fourth-order valence-electron chi connectivity index (χ4n) is 3.30. The molecule has 34 heavy (non-hydrogen) atoms. The van der Waals surface area contributed by atoms with Gasteiger partial charge < -0.3 is 14.4 Å². The van der Waals surface area contributed by atoms with Crippen LogP contribution in [-0.4, -0.2) is 37.0 Å². The summed E-state index contributed by atoms with van der Waals surface area (Å²) in [6, 6.07) is 28.3. The first-order valence-corrected chi connectivity index (χ1v) is 10.9. The standard InChI is InChI=1S/C28H26N2O4/c1-33-26-14-12-23(13-15-26)18-25(19-29)28(32)34-21-27(31)30(20-24-10-6-3-7-11-24)17-16-22-8-4-2-5-9-22/h2-15,18H,16-17,20-21H2,1H3.